The Labute approximate surface area is 111 Å². The van der Waals surface area contributed by atoms with Crippen molar-refractivity contribution in [1.82, 2.24) is 4.98 Å². The van der Waals surface area contributed by atoms with Gasteiger partial charge in [-0.3, -0.25) is 4.98 Å². The number of carbonyl (C=O) groups is 1. The number of ether oxygens (including phenoxy) is 2. The van der Waals surface area contributed by atoms with E-state index in [0.29, 0.717) is 28.9 Å². The lowest BCUT2D eigenvalue weighted by molar-refractivity contribution is 0.0601. The summed E-state index contributed by atoms with van der Waals surface area (Å²) in [5.74, 6) is 0.175. The van der Waals surface area contributed by atoms with Crippen LogP contribution < -0.4 is 10.5 Å². The van der Waals surface area contributed by atoms with Crippen LogP contribution in [-0.4, -0.2) is 24.7 Å². The van der Waals surface area contributed by atoms with E-state index in [2.05, 4.69) is 9.72 Å². The largest absolute Gasteiger partial charge is 0.491 e. The summed E-state index contributed by atoms with van der Waals surface area (Å²) in [5.41, 5.74) is 7.28. The molecule has 2 N–H and O–H groups in total. The Balaban J connectivity index is 2.55. The molecule has 1 heterocycles. The van der Waals surface area contributed by atoms with Gasteiger partial charge in [0, 0.05) is 11.6 Å². The highest BCUT2D eigenvalue weighted by molar-refractivity contribution is 6.05. The first-order valence-corrected chi connectivity index (χ1v) is 6.07. The van der Waals surface area contributed by atoms with E-state index >= 15 is 0 Å². The van der Waals surface area contributed by atoms with E-state index in [1.165, 1.54) is 13.3 Å². The Morgan fingerprint density at radius 2 is 2.21 bits per heavy atom. The van der Waals surface area contributed by atoms with Gasteiger partial charge in [-0.05, 0) is 12.5 Å². The lowest BCUT2D eigenvalue weighted by Crippen LogP contribution is -2.07. The molecule has 0 spiro atoms. The molecule has 2 aromatic rings. The van der Waals surface area contributed by atoms with Gasteiger partial charge in [-0.2, -0.15) is 0 Å². The third-order valence-electron chi connectivity index (χ3n) is 2.77. The average Bonchev–Trinajstić information content (AvgIpc) is 2.45. The number of esters is 1. The minimum atomic E-state index is -0.494. The van der Waals surface area contributed by atoms with Crippen LogP contribution in [0, 0.1) is 0 Å². The maximum absolute atomic E-state index is 11.6. The van der Waals surface area contributed by atoms with Crippen LogP contribution in [0.15, 0.2) is 24.4 Å². The maximum atomic E-state index is 11.6. The van der Waals surface area contributed by atoms with Gasteiger partial charge in [0.05, 0.1) is 19.4 Å². The number of methoxy groups -OCH3 is 1. The molecule has 0 aliphatic heterocycles. The molecule has 19 heavy (non-hydrogen) atoms. The van der Waals surface area contributed by atoms with Gasteiger partial charge in [-0.15, -0.1) is 0 Å². The second-order valence-electron chi connectivity index (χ2n) is 4.08. The first-order chi connectivity index (χ1) is 9.19. The Morgan fingerprint density at radius 3 is 2.89 bits per heavy atom. The molecule has 5 nitrogen and oxygen atoms in total. The summed E-state index contributed by atoms with van der Waals surface area (Å²) in [4.78, 5) is 15.8. The van der Waals surface area contributed by atoms with Gasteiger partial charge in [0.15, 0.2) is 0 Å². The van der Waals surface area contributed by atoms with Gasteiger partial charge in [0.2, 0.25) is 0 Å². The number of anilines is 1. The lowest BCUT2D eigenvalue weighted by Gasteiger charge is -2.10. The molecule has 0 aliphatic rings. The fourth-order valence-corrected chi connectivity index (χ4v) is 1.82. The van der Waals surface area contributed by atoms with Crippen molar-refractivity contribution >= 4 is 22.6 Å². The number of nitrogens with two attached hydrogens (primary N) is 1. The minimum absolute atomic E-state index is 0.266. The average molecular weight is 260 g/mol. The second kappa shape index (κ2) is 5.56. The van der Waals surface area contributed by atoms with Crippen LogP contribution in [0.25, 0.3) is 10.9 Å². The zero-order valence-corrected chi connectivity index (χ0v) is 11.0. The topological polar surface area (TPSA) is 74.4 Å². The van der Waals surface area contributed by atoms with E-state index in [9.17, 15) is 4.79 Å². The number of hydrogen-bond donors (Lipinski definition) is 1. The first kappa shape index (κ1) is 13.1. The van der Waals surface area contributed by atoms with Crippen LogP contribution in [0.1, 0.15) is 23.7 Å². The number of rotatable bonds is 4. The Bertz CT molecular complexity index is 611. The molecule has 0 aliphatic carbocycles. The van der Waals surface area contributed by atoms with Crippen molar-refractivity contribution in [3.63, 3.8) is 0 Å². The molecule has 0 atom stereocenters. The molecule has 1 aromatic heterocycles. The first-order valence-electron chi connectivity index (χ1n) is 6.07. The molecule has 2 rings (SSSR count). The van der Waals surface area contributed by atoms with E-state index in [-0.39, 0.29) is 5.56 Å². The number of fused-ring (bicyclic) bond motifs is 1. The second-order valence-corrected chi connectivity index (χ2v) is 4.08. The van der Waals surface area contributed by atoms with Gasteiger partial charge in [0.1, 0.15) is 16.8 Å². The molecule has 0 bridgehead atoms. The van der Waals surface area contributed by atoms with Crippen molar-refractivity contribution in [2.24, 2.45) is 0 Å². The number of benzene rings is 1. The highest BCUT2D eigenvalue weighted by atomic mass is 16.5. The molecule has 100 valence electrons. The number of para-hydroxylation sites is 1. The summed E-state index contributed by atoms with van der Waals surface area (Å²) in [6.07, 6.45) is 2.33. The number of carbonyl (C=O) groups excluding carboxylic acids is 1. The van der Waals surface area contributed by atoms with E-state index in [0.717, 1.165) is 6.42 Å². The summed E-state index contributed by atoms with van der Waals surface area (Å²) in [7, 11) is 1.31. The summed E-state index contributed by atoms with van der Waals surface area (Å²) in [6, 6.07) is 5.47. The molecule has 0 fully saturated rings. The zero-order valence-electron chi connectivity index (χ0n) is 11.0. The molecular formula is C14H16N2O3. The number of nitrogen functional groups attached to an aromatic ring is 1. The predicted octanol–water partition coefficient (Wildman–Crippen LogP) is 2.39. The van der Waals surface area contributed by atoms with Crippen LogP contribution in [0.2, 0.25) is 0 Å². The van der Waals surface area contributed by atoms with Crippen molar-refractivity contribution < 1.29 is 14.3 Å². The number of pyridine rings is 1. The van der Waals surface area contributed by atoms with Crippen molar-refractivity contribution in [3.05, 3.63) is 30.0 Å². The van der Waals surface area contributed by atoms with Gasteiger partial charge < -0.3 is 15.2 Å². The number of hydrogen-bond acceptors (Lipinski definition) is 5. The SMILES string of the molecule is CCCOc1cccc2c(N)c(C(=O)OC)cnc12. The normalized spacial score (nSPS) is 10.4. The molecule has 0 unspecified atom stereocenters. The zero-order chi connectivity index (χ0) is 13.8. The monoisotopic (exact) mass is 260 g/mol. The molecule has 0 saturated heterocycles. The Morgan fingerprint density at radius 1 is 1.42 bits per heavy atom. The minimum Gasteiger partial charge on any atom is -0.491 e. The number of nitrogens with zero attached hydrogens (tertiary/aromatic N) is 1. The standard InChI is InChI=1S/C14H16N2O3/c1-3-7-19-11-6-4-5-9-12(15)10(14(17)18-2)8-16-13(9)11/h4-6,8H,3,7H2,1-2H3,(H2,15,16). The van der Waals surface area contributed by atoms with Gasteiger partial charge in [-0.1, -0.05) is 19.1 Å². The van der Waals surface area contributed by atoms with E-state index in [1.54, 1.807) is 0 Å². The van der Waals surface area contributed by atoms with Crippen LogP contribution in [0.3, 0.4) is 0 Å². The highest BCUT2D eigenvalue weighted by Gasteiger charge is 2.15. The fourth-order valence-electron chi connectivity index (χ4n) is 1.82. The molecule has 1 aromatic carbocycles. The van der Waals surface area contributed by atoms with Crippen LogP contribution >= 0.6 is 0 Å². The summed E-state index contributed by atoms with van der Waals surface area (Å²) in [5, 5.41) is 0.691. The lowest BCUT2D eigenvalue weighted by atomic mass is 10.1. The van der Waals surface area contributed by atoms with Gasteiger partial charge in [0.25, 0.3) is 0 Å². The molecular weight excluding hydrogens is 244 g/mol. The molecule has 0 radical (unpaired) electrons. The Hall–Kier alpha value is -2.30. The highest BCUT2D eigenvalue weighted by Crippen LogP contribution is 2.29. The maximum Gasteiger partial charge on any atom is 0.341 e. The van der Waals surface area contributed by atoms with Crippen LogP contribution in [0.5, 0.6) is 5.75 Å². The predicted molar refractivity (Wildman–Crippen MR) is 73.3 cm³/mol. The van der Waals surface area contributed by atoms with Gasteiger partial charge in [-0.25, -0.2) is 4.79 Å². The fraction of sp³-hybridized carbons (Fsp3) is 0.286. The van der Waals surface area contributed by atoms with E-state index in [4.69, 9.17) is 10.5 Å². The van der Waals surface area contributed by atoms with E-state index < -0.39 is 5.97 Å². The molecule has 0 amide bonds. The summed E-state index contributed by atoms with van der Waals surface area (Å²) < 4.78 is 10.3. The summed E-state index contributed by atoms with van der Waals surface area (Å²) in [6.45, 7) is 2.64. The van der Waals surface area contributed by atoms with Crippen LogP contribution in [0.4, 0.5) is 5.69 Å². The quantitative estimate of drug-likeness (QED) is 0.854. The van der Waals surface area contributed by atoms with Crippen molar-refractivity contribution in [2.45, 2.75) is 13.3 Å². The molecule has 0 saturated carbocycles. The molecule has 5 heteroatoms. The number of aromatic nitrogens is 1. The van der Waals surface area contributed by atoms with Crippen LogP contribution in [-0.2, 0) is 4.74 Å². The van der Waals surface area contributed by atoms with E-state index in [1.807, 2.05) is 25.1 Å². The van der Waals surface area contributed by atoms with Crippen molar-refractivity contribution in [2.75, 3.05) is 19.5 Å². The van der Waals surface area contributed by atoms with Crippen molar-refractivity contribution in [1.29, 1.82) is 0 Å². The van der Waals surface area contributed by atoms with Crippen molar-refractivity contribution in [3.8, 4) is 5.75 Å². The third-order valence-corrected chi connectivity index (χ3v) is 2.77. The smallest absolute Gasteiger partial charge is 0.341 e. The third kappa shape index (κ3) is 2.45. The van der Waals surface area contributed by atoms with Gasteiger partial charge >= 0.3 is 5.97 Å². The summed E-state index contributed by atoms with van der Waals surface area (Å²) >= 11 is 0. The Kier molecular flexibility index (Phi) is 3.85.